The van der Waals surface area contributed by atoms with E-state index in [1.807, 2.05) is 6.07 Å². The Morgan fingerprint density at radius 2 is 1.63 bits per heavy atom. The van der Waals surface area contributed by atoms with E-state index in [1.54, 1.807) is 66.7 Å². The standard InChI is InChI=1S/C20H14N2O4S/c23-19(14-7-2-1-3-8-14)21-15-9-6-10-16(13-15)26-20-17-11-4-5-12-18(17)27(24,25)22-20/h1-13H,(H,21,23). The maximum Gasteiger partial charge on any atom is 0.286 e. The predicted molar refractivity (Wildman–Crippen MR) is 102 cm³/mol. The number of hydrogen-bond donors (Lipinski definition) is 1. The largest absolute Gasteiger partial charge is 0.438 e. The van der Waals surface area contributed by atoms with E-state index in [-0.39, 0.29) is 16.7 Å². The van der Waals surface area contributed by atoms with Crippen molar-refractivity contribution in [3.05, 3.63) is 90.0 Å². The summed E-state index contributed by atoms with van der Waals surface area (Å²) in [5, 5.41) is 2.78. The minimum Gasteiger partial charge on any atom is -0.438 e. The Labute approximate surface area is 156 Å². The molecule has 0 radical (unpaired) electrons. The number of rotatable bonds is 3. The molecular weight excluding hydrogens is 364 g/mol. The van der Waals surface area contributed by atoms with Gasteiger partial charge in [0.05, 0.1) is 5.56 Å². The molecule has 0 aromatic heterocycles. The molecule has 1 N–H and O–H groups in total. The molecule has 0 saturated heterocycles. The second-order valence-corrected chi connectivity index (χ2v) is 7.39. The molecule has 3 aromatic rings. The Morgan fingerprint density at radius 1 is 0.889 bits per heavy atom. The van der Waals surface area contributed by atoms with E-state index < -0.39 is 10.0 Å². The van der Waals surface area contributed by atoms with Crippen molar-refractivity contribution in [2.24, 2.45) is 4.40 Å². The van der Waals surface area contributed by atoms with Gasteiger partial charge in [0.1, 0.15) is 10.6 Å². The van der Waals surface area contributed by atoms with E-state index >= 15 is 0 Å². The quantitative estimate of drug-likeness (QED) is 0.756. The summed E-state index contributed by atoms with van der Waals surface area (Å²) < 4.78 is 33.6. The van der Waals surface area contributed by atoms with Crippen molar-refractivity contribution in [3.8, 4) is 5.75 Å². The summed E-state index contributed by atoms with van der Waals surface area (Å²) in [7, 11) is -3.75. The molecule has 134 valence electrons. The minimum atomic E-state index is -3.75. The van der Waals surface area contributed by atoms with Crippen LogP contribution in [0.4, 0.5) is 5.69 Å². The predicted octanol–water partition coefficient (Wildman–Crippen LogP) is 3.47. The summed E-state index contributed by atoms with van der Waals surface area (Å²) >= 11 is 0. The highest BCUT2D eigenvalue weighted by atomic mass is 32.2. The molecule has 1 amide bonds. The van der Waals surface area contributed by atoms with Crippen molar-refractivity contribution >= 4 is 27.5 Å². The molecule has 0 aliphatic carbocycles. The zero-order chi connectivity index (χ0) is 18.9. The van der Waals surface area contributed by atoms with Crippen molar-refractivity contribution in [2.75, 3.05) is 5.32 Å². The van der Waals surface area contributed by atoms with Crippen LogP contribution in [0.1, 0.15) is 15.9 Å². The molecule has 0 bridgehead atoms. The molecule has 3 aromatic carbocycles. The minimum absolute atomic E-state index is 0.0112. The van der Waals surface area contributed by atoms with Gasteiger partial charge in [-0.2, -0.15) is 8.42 Å². The van der Waals surface area contributed by atoms with Crippen molar-refractivity contribution in [1.29, 1.82) is 0 Å². The highest BCUT2D eigenvalue weighted by molar-refractivity contribution is 7.90. The maximum atomic E-state index is 12.3. The Morgan fingerprint density at radius 3 is 2.44 bits per heavy atom. The molecule has 1 heterocycles. The molecule has 0 fully saturated rings. The smallest absolute Gasteiger partial charge is 0.286 e. The van der Waals surface area contributed by atoms with Gasteiger partial charge in [0.2, 0.25) is 5.90 Å². The average molecular weight is 378 g/mol. The van der Waals surface area contributed by atoms with Crippen molar-refractivity contribution < 1.29 is 17.9 Å². The number of carbonyl (C=O) groups is 1. The number of hydrogen-bond acceptors (Lipinski definition) is 4. The molecule has 7 heteroatoms. The average Bonchev–Trinajstić information content (AvgIpc) is 2.93. The monoisotopic (exact) mass is 378 g/mol. The van der Waals surface area contributed by atoms with Gasteiger partial charge in [-0.3, -0.25) is 4.79 Å². The number of carbonyl (C=O) groups excluding carboxylic acids is 1. The molecule has 4 rings (SSSR count). The van der Waals surface area contributed by atoms with Gasteiger partial charge >= 0.3 is 0 Å². The highest BCUT2D eigenvalue weighted by Crippen LogP contribution is 2.28. The molecule has 1 aliphatic rings. The lowest BCUT2D eigenvalue weighted by Gasteiger charge is -2.09. The third kappa shape index (κ3) is 3.45. The van der Waals surface area contributed by atoms with Crippen LogP contribution in [0.25, 0.3) is 0 Å². The van der Waals surface area contributed by atoms with Crippen LogP contribution in [-0.2, 0) is 10.0 Å². The summed E-state index contributed by atoms with van der Waals surface area (Å²) in [4.78, 5) is 12.4. The van der Waals surface area contributed by atoms with E-state index in [9.17, 15) is 13.2 Å². The third-order valence-corrected chi connectivity index (χ3v) is 5.26. The highest BCUT2D eigenvalue weighted by Gasteiger charge is 2.30. The number of amides is 1. The summed E-state index contributed by atoms with van der Waals surface area (Å²) in [6.07, 6.45) is 0. The van der Waals surface area contributed by atoms with Gasteiger partial charge in [-0.15, -0.1) is 4.40 Å². The van der Waals surface area contributed by atoms with Crippen LogP contribution >= 0.6 is 0 Å². The summed E-state index contributed by atoms with van der Waals surface area (Å²) in [6.45, 7) is 0. The van der Waals surface area contributed by atoms with Gasteiger partial charge < -0.3 is 10.1 Å². The number of sulfonamides is 1. The fourth-order valence-electron chi connectivity index (χ4n) is 2.69. The number of fused-ring (bicyclic) bond motifs is 1. The van der Waals surface area contributed by atoms with Crippen LogP contribution in [0.3, 0.4) is 0 Å². The first-order valence-corrected chi connectivity index (χ1v) is 9.56. The van der Waals surface area contributed by atoms with Gasteiger partial charge in [0, 0.05) is 17.3 Å². The lowest BCUT2D eigenvalue weighted by Crippen LogP contribution is -2.12. The summed E-state index contributed by atoms with van der Waals surface area (Å²) in [6, 6.07) is 22.0. The van der Waals surface area contributed by atoms with E-state index in [4.69, 9.17) is 4.74 Å². The van der Waals surface area contributed by atoms with E-state index in [0.717, 1.165) is 0 Å². The number of nitrogens with one attached hydrogen (secondary N) is 1. The van der Waals surface area contributed by atoms with Gasteiger partial charge in [-0.25, -0.2) is 0 Å². The van der Waals surface area contributed by atoms with Crippen LogP contribution in [0.5, 0.6) is 5.75 Å². The van der Waals surface area contributed by atoms with Crippen LogP contribution < -0.4 is 10.1 Å². The van der Waals surface area contributed by atoms with Crippen LogP contribution in [0, 0.1) is 0 Å². The number of benzene rings is 3. The van der Waals surface area contributed by atoms with Crippen LogP contribution in [-0.4, -0.2) is 20.2 Å². The van der Waals surface area contributed by atoms with E-state index in [1.165, 1.54) is 6.07 Å². The van der Waals surface area contributed by atoms with Crippen molar-refractivity contribution in [1.82, 2.24) is 0 Å². The van der Waals surface area contributed by atoms with Crippen LogP contribution in [0.15, 0.2) is 88.2 Å². The van der Waals surface area contributed by atoms with Crippen molar-refractivity contribution in [3.63, 3.8) is 0 Å². The van der Waals surface area contributed by atoms with Gasteiger partial charge in [-0.05, 0) is 36.4 Å². The third-order valence-electron chi connectivity index (χ3n) is 3.94. The maximum absolute atomic E-state index is 12.3. The number of nitrogens with zero attached hydrogens (tertiary/aromatic N) is 1. The zero-order valence-corrected chi connectivity index (χ0v) is 14.8. The van der Waals surface area contributed by atoms with Gasteiger partial charge in [-0.1, -0.05) is 36.4 Å². The summed E-state index contributed by atoms with van der Waals surface area (Å²) in [5.41, 5.74) is 1.47. The van der Waals surface area contributed by atoms with E-state index in [0.29, 0.717) is 22.6 Å². The second-order valence-electron chi connectivity index (χ2n) is 5.82. The SMILES string of the molecule is O=C(Nc1cccc(OC2=NS(=O)(=O)c3ccccc32)c1)c1ccccc1. The fraction of sp³-hybridized carbons (Fsp3) is 0. The lowest BCUT2D eigenvalue weighted by molar-refractivity contribution is 0.102. The Bertz CT molecular complexity index is 1160. The molecule has 27 heavy (non-hydrogen) atoms. The van der Waals surface area contributed by atoms with E-state index in [2.05, 4.69) is 9.71 Å². The Kier molecular flexibility index (Phi) is 4.21. The molecule has 0 unspecified atom stereocenters. The first-order chi connectivity index (χ1) is 13.0. The normalized spacial score (nSPS) is 14.1. The van der Waals surface area contributed by atoms with Crippen molar-refractivity contribution in [2.45, 2.75) is 4.90 Å². The molecule has 1 aliphatic heterocycles. The topological polar surface area (TPSA) is 84.8 Å². The van der Waals surface area contributed by atoms with Crippen LogP contribution in [0.2, 0.25) is 0 Å². The zero-order valence-electron chi connectivity index (χ0n) is 14.0. The van der Waals surface area contributed by atoms with Gasteiger partial charge in [0.15, 0.2) is 0 Å². The number of anilines is 1. The molecule has 6 nitrogen and oxygen atoms in total. The molecule has 0 saturated carbocycles. The van der Waals surface area contributed by atoms with Gasteiger partial charge in [0.25, 0.3) is 15.9 Å². The first-order valence-electron chi connectivity index (χ1n) is 8.12. The molecular formula is C20H14N2O4S. The summed E-state index contributed by atoms with van der Waals surface area (Å²) in [5.74, 6) is 0.127. The number of ether oxygens (including phenoxy) is 1. The first kappa shape index (κ1) is 17.0. The Hall–Kier alpha value is -3.45. The fourth-order valence-corrected chi connectivity index (χ4v) is 3.83. The lowest BCUT2D eigenvalue weighted by atomic mass is 10.2. The molecule has 0 atom stereocenters. The second kappa shape index (κ2) is 6.69. The Balaban J connectivity index is 1.57. The molecule has 0 spiro atoms.